The van der Waals surface area contributed by atoms with Crippen molar-refractivity contribution in [2.45, 2.75) is 26.3 Å². The van der Waals surface area contributed by atoms with E-state index in [0.717, 1.165) is 9.91 Å². The first kappa shape index (κ1) is 22.3. The number of hydrogen-bond acceptors (Lipinski definition) is 5. The van der Waals surface area contributed by atoms with Crippen LogP contribution in [0, 0.1) is 5.92 Å². The Morgan fingerprint density at radius 3 is 2.39 bits per heavy atom. The first-order chi connectivity index (χ1) is 14.8. The van der Waals surface area contributed by atoms with Gasteiger partial charge in [0.25, 0.3) is 11.8 Å². The molecular weight excluding hydrogens is 422 g/mol. The summed E-state index contributed by atoms with van der Waals surface area (Å²) in [5.41, 5.74) is 2.79. The van der Waals surface area contributed by atoms with Crippen LogP contribution >= 0.6 is 11.6 Å². The van der Waals surface area contributed by atoms with Crippen molar-refractivity contribution in [3.05, 3.63) is 59.6 Å². The average Bonchev–Trinajstić information content (AvgIpc) is 3.05. The van der Waals surface area contributed by atoms with Gasteiger partial charge < -0.3 is 4.74 Å². The summed E-state index contributed by atoms with van der Waals surface area (Å²) in [4.78, 5) is 51.8. The number of nitrogens with zero attached hydrogens (tertiary/aromatic N) is 2. The van der Waals surface area contributed by atoms with Crippen molar-refractivity contribution >= 4 is 40.9 Å². The second kappa shape index (κ2) is 9.61. The van der Waals surface area contributed by atoms with E-state index in [0.29, 0.717) is 16.5 Å². The van der Waals surface area contributed by atoms with Crippen molar-refractivity contribution in [2.75, 3.05) is 11.5 Å². The maximum atomic E-state index is 13.0. The Labute approximate surface area is 184 Å². The summed E-state index contributed by atoms with van der Waals surface area (Å²) in [5, 5.41) is 1.40. The standard InChI is InChI=1S/C22H22ClN3O5/c1-14(2)21(29)26(24-19(27)13-31-17-6-4-3-5-7-17)18-12-20(28)25(22(18)30)16-10-8-15(23)9-11-16/h3-11,14,18H,12-13H2,1-2H3,(H,24,27). The lowest BCUT2D eigenvalue weighted by atomic mass is 10.1. The first-order valence-electron chi connectivity index (χ1n) is 9.70. The zero-order valence-corrected chi connectivity index (χ0v) is 17.8. The molecule has 4 amide bonds. The third-order valence-corrected chi connectivity index (χ3v) is 4.86. The summed E-state index contributed by atoms with van der Waals surface area (Å²) in [6.45, 7) is 2.92. The van der Waals surface area contributed by atoms with Gasteiger partial charge in [-0.15, -0.1) is 0 Å². The van der Waals surface area contributed by atoms with Gasteiger partial charge in [0.15, 0.2) is 6.61 Å². The third kappa shape index (κ3) is 5.21. The van der Waals surface area contributed by atoms with E-state index in [2.05, 4.69) is 5.43 Å². The number of carbonyl (C=O) groups excluding carboxylic acids is 4. The molecule has 162 valence electrons. The minimum atomic E-state index is -1.15. The SMILES string of the molecule is CC(C)C(=O)N(NC(=O)COc1ccccc1)C1CC(=O)N(c2ccc(Cl)cc2)C1=O. The second-order valence-corrected chi connectivity index (χ2v) is 7.70. The molecule has 1 unspecified atom stereocenters. The number of hydrogen-bond donors (Lipinski definition) is 1. The predicted molar refractivity (Wildman–Crippen MR) is 114 cm³/mol. The van der Waals surface area contributed by atoms with Crippen LogP contribution in [0.2, 0.25) is 5.02 Å². The van der Waals surface area contributed by atoms with E-state index < -0.39 is 35.6 Å². The highest BCUT2D eigenvalue weighted by atomic mass is 35.5. The van der Waals surface area contributed by atoms with Gasteiger partial charge in [0, 0.05) is 10.9 Å². The number of ether oxygens (including phenoxy) is 1. The second-order valence-electron chi connectivity index (χ2n) is 7.26. The van der Waals surface area contributed by atoms with Crippen LogP contribution in [0.3, 0.4) is 0 Å². The average molecular weight is 444 g/mol. The zero-order chi connectivity index (χ0) is 22.5. The molecule has 9 heteroatoms. The van der Waals surface area contributed by atoms with E-state index in [9.17, 15) is 19.2 Å². The van der Waals surface area contributed by atoms with E-state index in [1.165, 1.54) is 0 Å². The van der Waals surface area contributed by atoms with Gasteiger partial charge in [-0.2, -0.15) is 0 Å². The summed E-state index contributed by atoms with van der Waals surface area (Å²) in [5.74, 6) is -2.22. The van der Waals surface area contributed by atoms with Gasteiger partial charge >= 0.3 is 0 Å². The van der Waals surface area contributed by atoms with Gasteiger partial charge in [0.05, 0.1) is 12.1 Å². The Balaban J connectivity index is 1.76. The Kier molecular flexibility index (Phi) is 6.91. The van der Waals surface area contributed by atoms with Crippen LogP contribution in [0.25, 0.3) is 0 Å². The lowest BCUT2D eigenvalue weighted by Crippen LogP contribution is -2.56. The molecule has 31 heavy (non-hydrogen) atoms. The van der Waals surface area contributed by atoms with E-state index in [-0.39, 0.29) is 13.0 Å². The molecule has 0 radical (unpaired) electrons. The molecule has 0 spiro atoms. The number of carbonyl (C=O) groups is 4. The predicted octanol–water partition coefficient (Wildman–Crippen LogP) is 2.57. The highest BCUT2D eigenvalue weighted by Crippen LogP contribution is 2.27. The van der Waals surface area contributed by atoms with Crippen LogP contribution in [0.5, 0.6) is 5.75 Å². The topological polar surface area (TPSA) is 96.0 Å². The lowest BCUT2D eigenvalue weighted by Gasteiger charge is -2.29. The van der Waals surface area contributed by atoms with Gasteiger partial charge in [-0.3, -0.25) is 24.6 Å². The molecule has 0 saturated carbocycles. The number of hydrazine groups is 1. The zero-order valence-electron chi connectivity index (χ0n) is 17.1. The molecule has 1 aliphatic heterocycles. The number of benzene rings is 2. The molecule has 1 saturated heterocycles. The molecule has 0 aromatic heterocycles. The highest BCUT2D eigenvalue weighted by Gasteiger charge is 2.45. The number of halogens is 1. The first-order valence-corrected chi connectivity index (χ1v) is 10.1. The quantitative estimate of drug-likeness (QED) is 0.546. The van der Waals surface area contributed by atoms with Crippen molar-refractivity contribution in [1.82, 2.24) is 10.4 Å². The fourth-order valence-electron chi connectivity index (χ4n) is 3.08. The number of amides is 4. The summed E-state index contributed by atoms with van der Waals surface area (Å²) in [6.07, 6.45) is -0.250. The molecular formula is C22H22ClN3O5. The lowest BCUT2D eigenvalue weighted by molar-refractivity contribution is -0.150. The van der Waals surface area contributed by atoms with Crippen LogP contribution in [0.4, 0.5) is 5.69 Å². The van der Waals surface area contributed by atoms with Gasteiger partial charge in [-0.25, -0.2) is 9.91 Å². The van der Waals surface area contributed by atoms with Crippen LogP contribution in [0.1, 0.15) is 20.3 Å². The maximum absolute atomic E-state index is 13.0. The minimum Gasteiger partial charge on any atom is -0.484 e. The van der Waals surface area contributed by atoms with Crippen molar-refractivity contribution in [1.29, 1.82) is 0 Å². The number of nitrogens with one attached hydrogen (secondary N) is 1. The normalized spacial score (nSPS) is 15.9. The largest absolute Gasteiger partial charge is 0.484 e. The fraction of sp³-hybridized carbons (Fsp3) is 0.273. The van der Waals surface area contributed by atoms with Crippen molar-refractivity contribution in [2.24, 2.45) is 5.92 Å². The maximum Gasteiger partial charge on any atom is 0.276 e. The van der Waals surface area contributed by atoms with Crippen LogP contribution < -0.4 is 15.1 Å². The van der Waals surface area contributed by atoms with Gasteiger partial charge in [-0.1, -0.05) is 43.6 Å². The van der Waals surface area contributed by atoms with Crippen LogP contribution in [0.15, 0.2) is 54.6 Å². The molecule has 2 aromatic rings. The molecule has 1 N–H and O–H groups in total. The van der Waals surface area contributed by atoms with Crippen molar-refractivity contribution in [3.8, 4) is 5.75 Å². The molecule has 1 atom stereocenters. The molecule has 1 fully saturated rings. The van der Waals surface area contributed by atoms with Gasteiger partial charge in [-0.05, 0) is 36.4 Å². The Morgan fingerprint density at radius 1 is 1.13 bits per heavy atom. The van der Waals surface area contributed by atoms with E-state index >= 15 is 0 Å². The Hall–Kier alpha value is -3.39. The summed E-state index contributed by atoms with van der Waals surface area (Å²) >= 11 is 5.88. The summed E-state index contributed by atoms with van der Waals surface area (Å²) in [7, 11) is 0. The molecule has 8 nitrogen and oxygen atoms in total. The fourth-order valence-corrected chi connectivity index (χ4v) is 3.20. The third-order valence-electron chi connectivity index (χ3n) is 4.61. The Bertz CT molecular complexity index is 978. The summed E-state index contributed by atoms with van der Waals surface area (Å²) in [6, 6.07) is 13.8. The van der Waals surface area contributed by atoms with Crippen LogP contribution in [-0.4, -0.2) is 41.3 Å². The van der Waals surface area contributed by atoms with E-state index in [1.54, 1.807) is 62.4 Å². The number of imide groups is 1. The number of rotatable bonds is 6. The van der Waals surface area contributed by atoms with Crippen molar-refractivity contribution in [3.63, 3.8) is 0 Å². The van der Waals surface area contributed by atoms with Crippen LogP contribution in [-0.2, 0) is 19.2 Å². The number of para-hydroxylation sites is 1. The van der Waals surface area contributed by atoms with Gasteiger partial charge in [0.2, 0.25) is 11.8 Å². The monoisotopic (exact) mass is 443 g/mol. The molecule has 2 aromatic carbocycles. The molecule has 1 aliphatic rings. The van der Waals surface area contributed by atoms with Gasteiger partial charge in [0.1, 0.15) is 11.8 Å². The molecule has 1 heterocycles. The molecule has 0 aliphatic carbocycles. The molecule has 0 bridgehead atoms. The molecule has 3 rings (SSSR count). The summed E-state index contributed by atoms with van der Waals surface area (Å²) < 4.78 is 5.40. The minimum absolute atomic E-state index is 0.250. The number of anilines is 1. The Morgan fingerprint density at radius 2 is 1.77 bits per heavy atom. The van der Waals surface area contributed by atoms with E-state index in [1.807, 2.05) is 6.07 Å². The highest BCUT2D eigenvalue weighted by molar-refractivity contribution is 6.30. The van der Waals surface area contributed by atoms with E-state index in [4.69, 9.17) is 16.3 Å². The smallest absolute Gasteiger partial charge is 0.276 e. The van der Waals surface area contributed by atoms with Crippen molar-refractivity contribution < 1.29 is 23.9 Å².